The molecule has 3 amide bonds. The Morgan fingerprint density at radius 1 is 1.26 bits per heavy atom. The summed E-state index contributed by atoms with van der Waals surface area (Å²) in [5.74, 6) is -0.346. The average molecular weight is 326 g/mol. The second-order valence-corrected chi connectivity index (χ2v) is 5.53. The molecule has 2 rings (SSSR count). The van der Waals surface area contributed by atoms with Gasteiger partial charge in [-0.2, -0.15) is 0 Å². The monoisotopic (exact) mass is 325 g/mol. The largest absolute Gasteiger partial charge is 0.374 e. The van der Waals surface area contributed by atoms with Gasteiger partial charge in [-0.1, -0.05) is 15.9 Å². The van der Waals surface area contributed by atoms with Gasteiger partial charge < -0.3 is 10.6 Å². The van der Waals surface area contributed by atoms with Crippen LogP contribution >= 0.6 is 15.9 Å². The first-order chi connectivity index (χ1) is 9.04. The van der Waals surface area contributed by atoms with E-state index < -0.39 is 12.1 Å². The molecule has 0 radical (unpaired) electrons. The van der Waals surface area contributed by atoms with Crippen LogP contribution in [0.15, 0.2) is 28.7 Å². The van der Waals surface area contributed by atoms with E-state index in [1.54, 1.807) is 6.92 Å². The predicted molar refractivity (Wildman–Crippen MR) is 76.9 cm³/mol. The molecule has 1 atom stereocenters. The summed E-state index contributed by atoms with van der Waals surface area (Å²) < 4.78 is 0.971. The molecule has 0 spiro atoms. The van der Waals surface area contributed by atoms with Crippen LogP contribution < -0.4 is 16.0 Å². The van der Waals surface area contributed by atoms with Gasteiger partial charge in [0.1, 0.15) is 6.04 Å². The minimum Gasteiger partial charge on any atom is -0.374 e. The molecule has 102 valence electrons. The first-order valence-corrected chi connectivity index (χ1v) is 6.97. The highest BCUT2D eigenvalue weighted by Crippen LogP contribution is 2.18. The Morgan fingerprint density at radius 3 is 2.47 bits per heavy atom. The van der Waals surface area contributed by atoms with Crippen molar-refractivity contribution in [2.24, 2.45) is 0 Å². The van der Waals surface area contributed by atoms with Gasteiger partial charge >= 0.3 is 6.03 Å². The summed E-state index contributed by atoms with van der Waals surface area (Å²) >= 11 is 3.34. The summed E-state index contributed by atoms with van der Waals surface area (Å²) in [6, 6.07) is 6.82. The second kappa shape index (κ2) is 6.06. The zero-order valence-electron chi connectivity index (χ0n) is 10.6. The summed E-state index contributed by atoms with van der Waals surface area (Å²) in [7, 11) is 0. The molecule has 5 nitrogen and oxygen atoms in total. The number of amides is 3. The van der Waals surface area contributed by atoms with Gasteiger partial charge in [-0.15, -0.1) is 0 Å². The molecule has 19 heavy (non-hydrogen) atoms. The minimum atomic E-state index is -0.480. The summed E-state index contributed by atoms with van der Waals surface area (Å²) in [6.07, 6.45) is 1.99. The van der Waals surface area contributed by atoms with Gasteiger partial charge in [-0.3, -0.25) is 10.1 Å². The molecule has 0 aliphatic heterocycles. The van der Waals surface area contributed by atoms with Gasteiger partial charge in [0, 0.05) is 16.2 Å². The molecule has 1 unspecified atom stereocenters. The zero-order chi connectivity index (χ0) is 13.8. The van der Waals surface area contributed by atoms with Gasteiger partial charge in [-0.05, 0) is 44.0 Å². The molecule has 1 saturated carbocycles. The van der Waals surface area contributed by atoms with E-state index in [-0.39, 0.29) is 11.9 Å². The molecule has 3 N–H and O–H groups in total. The number of benzene rings is 1. The van der Waals surface area contributed by atoms with E-state index in [9.17, 15) is 9.59 Å². The molecular formula is C13H16BrN3O2. The van der Waals surface area contributed by atoms with Gasteiger partial charge in [-0.25, -0.2) is 4.79 Å². The van der Waals surface area contributed by atoms with Crippen molar-refractivity contribution in [3.05, 3.63) is 28.7 Å². The smallest absolute Gasteiger partial charge is 0.321 e. The fourth-order valence-corrected chi connectivity index (χ4v) is 1.80. The molecule has 1 fully saturated rings. The van der Waals surface area contributed by atoms with Gasteiger partial charge in [0.2, 0.25) is 5.91 Å². The van der Waals surface area contributed by atoms with E-state index in [2.05, 4.69) is 31.9 Å². The molecule has 0 heterocycles. The highest BCUT2D eigenvalue weighted by molar-refractivity contribution is 9.10. The van der Waals surface area contributed by atoms with E-state index in [0.717, 1.165) is 23.0 Å². The third-order valence-corrected chi connectivity index (χ3v) is 3.30. The lowest BCUT2D eigenvalue weighted by Crippen LogP contribution is -2.46. The number of imide groups is 1. The molecule has 1 aromatic carbocycles. The summed E-state index contributed by atoms with van der Waals surface area (Å²) in [5.41, 5.74) is 0.827. The molecular weight excluding hydrogens is 310 g/mol. The van der Waals surface area contributed by atoms with Crippen LogP contribution in [0.1, 0.15) is 19.8 Å². The Balaban J connectivity index is 1.80. The zero-order valence-corrected chi connectivity index (χ0v) is 12.2. The highest BCUT2D eigenvalue weighted by Gasteiger charge is 2.24. The Kier molecular flexibility index (Phi) is 4.42. The van der Waals surface area contributed by atoms with Crippen molar-refractivity contribution in [3.63, 3.8) is 0 Å². The van der Waals surface area contributed by atoms with E-state index in [1.165, 1.54) is 0 Å². The van der Waals surface area contributed by atoms with Crippen LogP contribution in [0.4, 0.5) is 10.5 Å². The van der Waals surface area contributed by atoms with Crippen molar-refractivity contribution in [2.75, 3.05) is 5.32 Å². The standard InChI is InChI=1S/C13H16BrN3O2/c1-8(15-10-4-2-9(14)3-5-10)12(18)17-13(19)16-11-6-7-11/h2-5,8,11,15H,6-7H2,1H3,(H2,16,17,18,19). The molecule has 0 aromatic heterocycles. The van der Waals surface area contributed by atoms with Gasteiger partial charge in [0.05, 0.1) is 0 Å². The highest BCUT2D eigenvalue weighted by atomic mass is 79.9. The van der Waals surface area contributed by atoms with Crippen molar-refractivity contribution in [3.8, 4) is 0 Å². The Morgan fingerprint density at radius 2 is 1.89 bits per heavy atom. The van der Waals surface area contributed by atoms with E-state index in [4.69, 9.17) is 0 Å². The maximum atomic E-state index is 11.8. The maximum Gasteiger partial charge on any atom is 0.321 e. The Labute approximate surface area is 120 Å². The van der Waals surface area contributed by atoms with Gasteiger partial charge in [0.15, 0.2) is 0 Å². The fraction of sp³-hybridized carbons (Fsp3) is 0.385. The van der Waals surface area contributed by atoms with Crippen molar-refractivity contribution < 1.29 is 9.59 Å². The maximum absolute atomic E-state index is 11.8. The van der Waals surface area contributed by atoms with Crippen LogP contribution in [-0.4, -0.2) is 24.0 Å². The number of carbonyl (C=O) groups is 2. The third kappa shape index (κ3) is 4.55. The molecule has 6 heteroatoms. The van der Waals surface area contributed by atoms with Crippen LogP contribution in [-0.2, 0) is 4.79 Å². The number of rotatable bonds is 4. The van der Waals surface area contributed by atoms with Crippen LogP contribution in [0.25, 0.3) is 0 Å². The van der Waals surface area contributed by atoms with E-state index in [0.29, 0.717) is 0 Å². The lowest BCUT2D eigenvalue weighted by atomic mass is 10.2. The number of urea groups is 1. The fourth-order valence-electron chi connectivity index (χ4n) is 1.53. The lowest BCUT2D eigenvalue weighted by molar-refractivity contribution is -0.120. The average Bonchev–Trinajstić information content (AvgIpc) is 3.15. The van der Waals surface area contributed by atoms with Crippen LogP contribution in [0, 0.1) is 0 Å². The number of carbonyl (C=O) groups excluding carboxylic acids is 2. The first kappa shape index (κ1) is 13.9. The van der Waals surface area contributed by atoms with Crippen molar-refractivity contribution in [1.82, 2.24) is 10.6 Å². The van der Waals surface area contributed by atoms with Crippen LogP contribution in [0.2, 0.25) is 0 Å². The molecule has 0 saturated heterocycles. The molecule has 1 aliphatic carbocycles. The number of anilines is 1. The van der Waals surface area contributed by atoms with Crippen molar-refractivity contribution >= 4 is 33.6 Å². The van der Waals surface area contributed by atoms with Crippen molar-refractivity contribution in [2.45, 2.75) is 31.8 Å². The topological polar surface area (TPSA) is 70.2 Å². The Hall–Kier alpha value is -1.56. The van der Waals surface area contributed by atoms with Crippen LogP contribution in [0.5, 0.6) is 0 Å². The molecule has 0 bridgehead atoms. The SMILES string of the molecule is CC(Nc1ccc(Br)cc1)C(=O)NC(=O)NC1CC1. The predicted octanol–water partition coefficient (Wildman–Crippen LogP) is 2.24. The third-order valence-electron chi connectivity index (χ3n) is 2.77. The number of nitrogens with one attached hydrogen (secondary N) is 3. The molecule has 1 aromatic rings. The van der Waals surface area contributed by atoms with E-state index >= 15 is 0 Å². The number of hydrogen-bond acceptors (Lipinski definition) is 3. The van der Waals surface area contributed by atoms with E-state index in [1.807, 2.05) is 24.3 Å². The summed E-state index contributed by atoms with van der Waals surface area (Å²) in [5, 5.41) is 8.06. The summed E-state index contributed by atoms with van der Waals surface area (Å²) in [4.78, 5) is 23.2. The quantitative estimate of drug-likeness (QED) is 0.795. The molecule has 1 aliphatic rings. The first-order valence-electron chi connectivity index (χ1n) is 6.18. The van der Waals surface area contributed by atoms with Crippen molar-refractivity contribution in [1.29, 1.82) is 0 Å². The Bertz CT molecular complexity index is 471. The van der Waals surface area contributed by atoms with Gasteiger partial charge in [0.25, 0.3) is 0 Å². The lowest BCUT2D eigenvalue weighted by Gasteiger charge is -2.15. The summed E-state index contributed by atoms with van der Waals surface area (Å²) in [6.45, 7) is 1.71. The number of hydrogen-bond donors (Lipinski definition) is 3. The van der Waals surface area contributed by atoms with Crippen LogP contribution in [0.3, 0.4) is 0 Å². The minimum absolute atomic E-state index is 0.238. The second-order valence-electron chi connectivity index (χ2n) is 4.61. The normalized spacial score (nSPS) is 15.5. The number of halogens is 1.